The van der Waals surface area contributed by atoms with Crippen LogP contribution in [0.25, 0.3) is 0 Å². The Morgan fingerprint density at radius 3 is 2.40 bits per heavy atom. The van der Waals surface area contributed by atoms with Crippen molar-refractivity contribution in [2.75, 3.05) is 6.54 Å². The van der Waals surface area contributed by atoms with Gasteiger partial charge in [0.05, 0.1) is 0 Å². The molecule has 84 valence electrons. The lowest BCUT2D eigenvalue weighted by Crippen LogP contribution is -2.31. The number of hydrogen-bond acceptors (Lipinski definition) is 3. The highest BCUT2D eigenvalue weighted by atomic mass is 15.2. The summed E-state index contributed by atoms with van der Waals surface area (Å²) in [5.74, 6) is 0. The molecule has 1 aromatic rings. The van der Waals surface area contributed by atoms with Gasteiger partial charge in [0.1, 0.15) is 12.7 Å². The lowest BCUT2D eigenvalue weighted by molar-refractivity contribution is 0.445. The van der Waals surface area contributed by atoms with Crippen molar-refractivity contribution in [1.29, 1.82) is 0 Å². The lowest BCUT2D eigenvalue weighted by atomic mass is 10.1. The maximum Gasteiger partial charge on any atom is 0.119 e. The summed E-state index contributed by atoms with van der Waals surface area (Å²) in [6.07, 6.45) is 11.9. The fourth-order valence-corrected chi connectivity index (χ4v) is 2.22. The molecule has 0 aromatic carbocycles. The zero-order chi connectivity index (χ0) is 10.3. The minimum Gasteiger partial charge on any atom is -0.319 e. The van der Waals surface area contributed by atoms with E-state index in [4.69, 9.17) is 0 Å². The first-order chi connectivity index (χ1) is 7.45. The van der Waals surface area contributed by atoms with Crippen molar-refractivity contribution in [1.82, 2.24) is 20.1 Å². The van der Waals surface area contributed by atoms with Gasteiger partial charge in [-0.25, -0.2) is 0 Å². The molecule has 1 saturated carbocycles. The second-order valence-corrected chi connectivity index (χ2v) is 4.34. The van der Waals surface area contributed by atoms with Gasteiger partial charge >= 0.3 is 0 Å². The van der Waals surface area contributed by atoms with E-state index in [1.54, 1.807) is 12.7 Å². The van der Waals surface area contributed by atoms with Crippen LogP contribution in [0.3, 0.4) is 0 Å². The molecule has 4 heteroatoms. The highest BCUT2D eigenvalue weighted by molar-refractivity contribution is 4.71. The van der Waals surface area contributed by atoms with Crippen LogP contribution in [0.2, 0.25) is 0 Å². The van der Waals surface area contributed by atoms with E-state index in [-0.39, 0.29) is 0 Å². The zero-order valence-corrected chi connectivity index (χ0v) is 9.23. The number of nitrogens with one attached hydrogen (secondary N) is 1. The smallest absolute Gasteiger partial charge is 0.119 e. The summed E-state index contributed by atoms with van der Waals surface area (Å²) in [5.41, 5.74) is 0. The third-order valence-corrected chi connectivity index (χ3v) is 3.12. The molecule has 0 atom stereocenters. The standard InChI is InChI=1S/C11H20N4/c1-2-4-6-11(5-3-1)12-7-8-15-9-13-14-10-15/h9-12H,1-8H2. The summed E-state index contributed by atoms with van der Waals surface area (Å²) in [6, 6.07) is 0.740. The van der Waals surface area contributed by atoms with Crippen molar-refractivity contribution < 1.29 is 0 Å². The fourth-order valence-electron chi connectivity index (χ4n) is 2.22. The van der Waals surface area contributed by atoms with Crippen LogP contribution >= 0.6 is 0 Å². The molecule has 0 spiro atoms. The molecule has 1 aliphatic rings. The first-order valence-corrected chi connectivity index (χ1v) is 6.01. The molecular weight excluding hydrogens is 188 g/mol. The molecule has 0 unspecified atom stereocenters. The highest BCUT2D eigenvalue weighted by Gasteiger charge is 2.10. The largest absolute Gasteiger partial charge is 0.319 e. The van der Waals surface area contributed by atoms with Gasteiger partial charge in [-0.3, -0.25) is 0 Å². The first-order valence-electron chi connectivity index (χ1n) is 6.01. The van der Waals surface area contributed by atoms with E-state index in [1.165, 1.54) is 38.5 Å². The molecule has 1 aliphatic carbocycles. The van der Waals surface area contributed by atoms with Gasteiger partial charge in [0.15, 0.2) is 0 Å². The van der Waals surface area contributed by atoms with Crippen LogP contribution in [0.1, 0.15) is 38.5 Å². The Bertz CT molecular complexity index is 250. The predicted molar refractivity (Wildman–Crippen MR) is 59.5 cm³/mol. The Hall–Kier alpha value is -0.900. The lowest BCUT2D eigenvalue weighted by Gasteiger charge is -2.15. The fraction of sp³-hybridized carbons (Fsp3) is 0.818. The van der Waals surface area contributed by atoms with E-state index in [9.17, 15) is 0 Å². The molecule has 0 bridgehead atoms. The minimum atomic E-state index is 0.740. The Morgan fingerprint density at radius 1 is 1.07 bits per heavy atom. The van der Waals surface area contributed by atoms with Crippen molar-refractivity contribution in [3.8, 4) is 0 Å². The van der Waals surface area contributed by atoms with Crippen LogP contribution in [0.4, 0.5) is 0 Å². The van der Waals surface area contributed by atoms with E-state index >= 15 is 0 Å². The maximum absolute atomic E-state index is 3.79. The van der Waals surface area contributed by atoms with Crippen molar-refractivity contribution in [2.45, 2.75) is 51.1 Å². The van der Waals surface area contributed by atoms with Gasteiger partial charge in [-0.15, -0.1) is 10.2 Å². The number of rotatable bonds is 4. The molecule has 4 nitrogen and oxygen atoms in total. The summed E-state index contributed by atoms with van der Waals surface area (Å²) >= 11 is 0. The van der Waals surface area contributed by atoms with Crippen LogP contribution in [0.5, 0.6) is 0 Å². The third kappa shape index (κ3) is 3.63. The molecule has 0 saturated heterocycles. The normalized spacial score (nSPS) is 18.9. The Morgan fingerprint density at radius 2 is 1.73 bits per heavy atom. The number of nitrogens with zero attached hydrogens (tertiary/aromatic N) is 3. The first kappa shape index (κ1) is 10.6. The number of aromatic nitrogens is 3. The summed E-state index contributed by atoms with van der Waals surface area (Å²) < 4.78 is 2.02. The van der Waals surface area contributed by atoms with Gasteiger partial charge < -0.3 is 9.88 Å². The average molecular weight is 208 g/mol. The molecule has 0 amide bonds. The summed E-state index contributed by atoms with van der Waals surface area (Å²) in [7, 11) is 0. The van der Waals surface area contributed by atoms with Gasteiger partial charge in [0.2, 0.25) is 0 Å². The van der Waals surface area contributed by atoms with Crippen LogP contribution in [0, 0.1) is 0 Å². The van der Waals surface area contributed by atoms with Gasteiger partial charge in [-0.2, -0.15) is 0 Å². The van der Waals surface area contributed by atoms with Crippen molar-refractivity contribution >= 4 is 0 Å². The van der Waals surface area contributed by atoms with Crippen LogP contribution in [-0.2, 0) is 6.54 Å². The highest BCUT2D eigenvalue weighted by Crippen LogP contribution is 2.16. The van der Waals surface area contributed by atoms with E-state index < -0.39 is 0 Å². The maximum atomic E-state index is 3.79. The molecule has 1 aromatic heterocycles. The topological polar surface area (TPSA) is 42.7 Å². The SMILES string of the molecule is c1nncn1CCNC1CCCCCC1. The molecule has 1 N–H and O–H groups in total. The Labute approximate surface area is 91.1 Å². The summed E-state index contributed by atoms with van der Waals surface area (Å²) in [6.45, 7) is 2.01. The summed E-state index contributed by atoms with van der Waals surface area (Å²) in [4.78, 5) is 0. The van der Waals surface area contributed by atoms with Crippen LogP contribution in [-0.4, -0.2) is 27.4 Å². The predicted octanol–water partition coefficient (Wildman–Crippen LogP) is 1.59. The van der Waals surface area contributed by atoms with Crippen LogP contribution in [0.15, 0.2) is 12.7 Å². The minimum absolute atomic E-state index is 0.740. The monoisotopic (exact) mass is 208 g/mol. The van der Waals surface area contributed by atoms with Gasteiger partial charge in [0.25, 0.3) is 0 Å². The summed E-state index contributed by atoms with van der Waals surface area (Å²) in [5, 5.41) is 11.2. The second-order valence-electron chi connectivity index (χ2n) is 4.34. The van der Waals surface area contributed by atoms with Gasteiger partial charge in [-0.1, -0.05) is 25.7 Å². The van der Waals surface area contributed by atoms with Gasteiger partial charge in [-0.05, 0) is 12.8 Å². The van der Waals surface area contributed by atoms with E-state index in [0.29, 0.717) is 0 Å². The average Bonchev–Trinajstić information content (AvgIpc) is 2.62. The molecule has 2 rings (SSSR count). The van der Waals surface area contributed by atoms with E-state index in [2.05, 4.69) is 15.5 Å². The molecule has 0 radical (unpaired) electrons. The zero-order valence-electron chi connectivity index (χ0n) is 9.23. The van der Waals surface area contributed by atoms with Crippen molar-refractivity contribution in [3.63, 3.8) is 0 Å². The van der Waals surface area contributed by atoms with E-state index in [0.717, 1.165) is 19.1 Å². The number of hydrogen-bond donors (Lipinski definition) is 1. The molecule has 1 heterocycles. The Kier molecular flexibility index (Phi) is 4.14. The molecule has 1 fully saturated rings. The second kappa shape index (κ2) is 5.85. The molecule has 0 aliphatic heterocycles. The molecular formula is C11H20N4. The van der Waals surface area contributed by atoms with Crippen LogP contribution < -0.4 is 5.32 Å². The third-order valence-electron chi connectivity index (χ3n) is 3.12. The Balaban J connectivity index is 1.64. The van der Waals surface area contributed by atoms with Crippen molar-refractivity contribution in [2.24, 2.45) is 0 Å². The van der Waals surface area contributed by atoms with E-state index in [1.807, 2.05) is 4.57 Å². The van der Waals surface area contributed by atoms with Gasteiger partial charge in [0, 0.05) is 19.1 Å². The quantitative estimate of drug-likeness (QED) is 0.764. The van der Waals surface area contributed by atoms with Crippen molar-refractivity contribution in [3.05, 3.63) is 12.7 Å². The molecule has 15 heavy (non-hydrogen) atoms.